The molecule has 0 aliphatic rings. The number of hydrogen-bond donors (Lipinski definition) is 1. The van der Waals surface area contributed by atoms with E-state index in [4.69, 9.17) is 0 Å². The highest BCUT2D eigenvalue weighted by molar-refractivity contribution is 5.62. The summed E-state index contributed by atoms with van der Waals surface area (Å²) < 4.78 is 0. The number of rotatable bonds is 3. The normalized spacial score (nSPS) is 11.5. The lowest BCUT2D eigenvalue weighted by atomic mass is 10.4. The first-order valence-electron chi connectivity index (χ1n) is 4.84. The van der Waals surface area contributed by atoms with Crippen LogP contribution >= 0.6 is 0 Å². The molecule has 6 heteroatoms. The fourth-order valence-corrected chi connectivity index (χ4v) is 1.08. The van der Waals surface area contributed by atoms with Gasteiger partial charge in [-0.15, -0.1) is 0 Å². The van der Waals surface area contributed by atoms with Crippen molar-refractivity contribution in [2.75, 3.05) is 14.1 Å². The van der Waals surface area contributed by atoms with E-state index in [1.165, 1.54) is 0 Å². The van der Waals surface area contributed by atoms with Gasteiger partial charge in [-0.1, -0.05) is 0 Å². The van der Waals surface area contributed by atoms with Gasteiger partial charge in [0.25, 0.3) is 5.56 Å². The van der Waals surface area contributed by atoms with Crippen molar-refractivity contribution < 1.29 is 0 Å². The molecule has 6 nitrogen and oxygen atoms in total. The van der Waals surface area contributed by atoms with Gasteiger partial charge in [-0.05, 0) is 13.8 Å². The van der Waals surface area contributed by atoms with Gasteiger partial charge in [-0.3, -0.25) is 14.8 Å². The van der Waals surface area contributed by atoms with Crippen molar-refractivity contribution >= 4 is 24.2 Å². The van der Waals surface area contributed by atoms with Crippen LogP contribution in [0.2, 0.25) is 0 Å². The molecule has 16 heavy (non-hydrogen) atoms. The van der Waals surface area contributed by atoms with Gasteiger partial charge in [0.15, 0.2) is 0 Å². The number of aryl methyl sites for hydroxylation is 1. The molecule has 0 radical (unpaired) electrons. The van der Waals surface area contributed by atoms with Crippen LogP contribution in [-0.2, 0) is 0 Å². The Morgan fingerprint density at radius 1 is 1.38 bits per heavy atom. The molecule has 0 unspecified atom stereocenters. The number of nitrogens with zero attached hydrogens (tertiary/aromatic N) is 4. The van der Waals surface area contributed by atoms with Gasteiger partial charge < -0.3 is 4.90 Å². The smallest absolute Gasteiger partial charge is 0.278 e. The third-order valence-corrected chi connectivity index (χ3v) is 1.73. The van der Waals surface area contributed by atoms with E-state index in [1.54, 1.807) is 31.3 Å². The van der Waals surface area contributed by atoms with E-state index in [0.29, 0.717) is 11.4 Å². The molecule has 0 atom stereocenters. The fourth-order valence-electron chi connectivity index (χ4n) is 1.08. The summed E-state index contributed by atoms with van der Waals surface area (Å²) in [4.78, 5) is 28.0. The molecule has 1 aromatic heterocycles. The maximum absolute atomic E-state index is 11.6. The van der Waals surface area contributed by atoms with E-state index in [-0.39, 0.29) is 11.5 Å². The third kappa shape index (κ3) is 3.01. The molecule has 1 N–H and O–H groups in total. The highest BCUT2D eigenvalue weighted by Gasteiger charge is 2.04. The van der Waals surface area contributed by atoms with Crippen LogP contribution in [0.3, 0.4) is 0 Å². The molecule has 0 saturated carbocycles. The lowest BCUT2D eigenvalue weighted by Gasteiger charge is -2.03. The number of nitrogens with one attached hydrogen (secondary N) is 1. The monoisotopic (exact) mass is 221 g/mol. The molecule has 1 aromatic rings. The molecule has 0 aromatic carbocycles. The van der Waals surface area contributed by atoms with Crippen molar-refractivity contribution in [3.05, 3.63) is 16.0 Å². The molecule has 1 heterocycles. The zero-order valence-electron chi connectivity index (χ0n) is 9.85. The molecule has 1 rings (SSSR count). The van der Waals surface area contributed by atoms with Crippen molar-refractivity contribution in [3.63, 3.8) is 0 Å². The van der Waals surface area contributed by atoms with Gasteiger partial charge in [0.05, 0.1) is 12.0 Å². The first kappa shape index (κ1) is 12.1. The van der Waals surface area contributed by atoms with Gasteiger partial charge in [-0.25, -0.2) is 9.98 Å². The third-order valence-electron chi connectivity index (χ3n) is 1.73. The van der Waals surface area contributed by atoms with Crippen molar-refractivity contribution in [1.82, 2.24) is 14.9 Å². The molecule has 0 bridgehead atoms. The summed E-state index contributed by atoms with van der Waals surface area (Å²) in [6.45, 7) is 3.48. The number of aromatic amines is 1. The highest BCUT2D eigenvalue weighted by atomic mass is 16.1. The number of aliphatic imine (C=N–C) groups is 2. The minimum atomic E-state index is -0.281. The van der Waals surface area contributed by atoms with Crippen LogP contribution in [-0.4, -0.2) is 41.5 Å². The lowest BCUT2D eigenvalue weighted by Crippen LogP contribution is -2.10. The fraction of sp³-hybridized carbons (Fsp3) is 0.400. The Bertz CT molecular complexity index is 473. The zero-order valence-corrected chi connectivity index (χ0v) is 9.85. The Kier molecular flexibility index (Phi) is 3.93. The van der Waals surface area contributed by atoms with Crippen molar-refractivity contribution in [3.8, 4) is 0 Å². The Hall–Kier alpha value is -1.98. The number of H-pyrrole nitrogens is 1. The summed E-state index contributed by atoms with van der Waals surface area (Å²) in [5.41, 5.74) is 0.607. The summed E-state index contributed by atoms with van der Waals surface area (Å²) in [6, 6.07) is 0. The van der Waals surface area contributed by atoms with Crippen LogP contribution in [0.1, 0.15) is 12.6 Å². The summed E-state index contributed by atoms with van der Waals surface area (Å²) >= 11 is 0. The molecule has 86 valence electrons. The molecule has 0 fully saturated rings. The Balaban J connectivity index is 3.15. The molecule has 0 spiro atoms. The van der Waals surface area contributed by atoms with Gasteiger partial charge in [-0.2, -0.15) is 0 Å². The minimum Gasteiger partial charge on any atom is -0.369 e. The predicted octanol–water partition coefficient (Wildman–Crippen LogP) is 1.02. The average Bonchev–Trinajstić information content (AvgIpc) is 2.20. The maximum Gasteiger partial charge on any atom is 0.278 e. The van der Waals surface area contributed by atoms with Crippen LogP contribution in [0.25, 0.3) is 0 Å². The Morgan fingerprint density at radius 3 is 2.56 bits per heavy atom. The molecule has 0 saturated heterocycles. The van der Waals surface area contributed by atoms with Crippen LogP contribution in [0.5, 0.6) is 0 Å². The summed E-state index contributed by atoms with van der Waals surface area (Å²) in [6.07, 6.45) is 3.13. The Morgan fingerprint density at radius 2 is 2.06 bits per heavy atom. The quantitative estimate of drug-likeness (QED) is 0.611. The molecule has 0 aliphatic carbocycles. The molecular formula is C10H15N5O. The van der Waals surface area contributed by atoms with Gasteiger partial charge in [0.1, 0.15) is 5.69 Å². The summed E-state index contributed by atoms with van der Waals surface area (Å²) in [5, 5.41) is 0. The van der Waals surface area contributed by atoms with Crippen LogP contribution < -0.4 is 5.56 Å². The molecule has 0 aliphatic heterocycles. The lowest BCUT2D eigenvalue weighted by molar-refractivity contribution is 0.642. The summed E-state index contributed by atoms with van der Waals surface area (Å²) in [7, 11) is 3.68. The molecular weight excluding hydrogens is 206 g/mol. The van der Waals surface area contributed by atoms with Crippen molar-refractivity contribution in [2.45, 2.75) is 13.8 Å². The van der Waals surface area contributed by atoms with Crippen LogP contribution in [0.4, 0.5) is 11.6 Å². The van der Waals surface area contributed by atoms with E-state index in [1.807, 2.05) is 14.1 Å². The van der Waals surface area contributed by atoms with Gasteiger partial charge in [0.2, 0.25) is 5.95 Å². The first-order valence-corrected chi connectivity index (χ1v) is 4.84. The van der Waals surface area contributed by atoms with E-state index in [2.05, 4.69) is 20.0 Å². The minimum absolute atomic E-state index is 0.281. The number of hydrogen-bond acceptors (Lipinski definition) is 4. The van der Waals surface area contributed by atoms with Crippen LogP contribution in [0, 0.1) is 6.92 Å². The Labute approximate surface area is 93.8 Å². The second-order valence-corrected chi connectivity index (χ2v) is 3.42. The van der Waals surface area contributed by atoms with Crippen molar-refractivity contribution in [2.24, 2.45) is 9.98 Å². The maximum atomic E-state index is 11.6. The number of aromatic nitrogens is 2. The average molecular weight is 221 g/mol. The van der Waals surface area contributed by atoms with E-state index in [9.17, 15) is 4.79 Å². The predicted molar refractivity (Wildman–Crippen MR) is 65.3 cm³/mol. The standard InChI is InChI=1S/C10H15N5O/c1-5-11-8-7(2)13-10(14-9(8)16)12-6-15(3)4/h5-6H,1-4H3,(H,13,14,16). The zero-order chi connectivity index (χ0) is 12.1. The molecule has 0 amide bonds. The van der Waals surface area contributed by atoms with Gasteiger partial charge >= 0.3 is 0 Å². The second kappa shape index (κ2) is 5.20. The summed E-state index contributed by atoms with van der Waals surface area (Å²) in [5.74, 6) is 0.284. The SMILES string of the molecule is CC=Nc1c(C)nc(N=CN(C)C)[nH]c1=O. The first-order chi connectivity index (χ1) is 7.54. The van der Waals surface area contributed by atoms with E-state index in [0.717, 1.165) is 0 Å². The highest BCUT2D eigenvalue weighted by Crippen LogP contribution is 2.11. The largest absolute Gasteiger partial charge is 0.369 e. The second-order valence-electron chi connectivity index (χ2n) is 3.42. The van der Waals surface area contributed by atoms with E-state index < -0.39 is 0 Å². The topological polar surface area (TPSA) is 73.7 Å². The van der Waals surface area contributed by atoms with Crippen LogP contribution in [0.15, 0.2) is 14.8 Å². The van der Waals surface area contributed by atoms with Gasteiger partial charge in [0, 0.05) is 20.3 Å². The van der Waals surface area contributed by atoms with Crippen molar-refractivity contribution in [1.29, 1.82) is 0 Å². The van der Waals surface area contributed by atoms with E-state index >= 15 is 0 Å².